The third-order valence-corrected chi connectivity index (χ3v) is 10.1. The maximum Gasteiger partial charge on any atom is 0.187 e. The summed E-state index contributed by atoms with van der Waals surface area (Å²) in [7, 11) is -5.93. The number of aryl methyl sites for hydroxylation is 1. The summed E-state index contributed by atoms with van der Waals surface area (Å²) in [6, 6.07) is 12.5. The summed E-state index contributed by atoms with van der Waals surface area (Å²) in [6.45, 7) is 3.02. The molecule has 1 fully saturated rings. The van der Waals surface area contributed by atoms with Gasteiger partial charge in [-0.2, -0.15) is 0 Å². The summed E-state index contributed by atoms with van der Waals surface area (Å²) in [5.74, 6) is -0.231. The molecule has 0 amide bonds. The lowest BCUT2D eigenvalue weighted by molar-refractivity contribution is 0.195. The minimum absolute atomic E-state index is 0.0736. The Morgan fingerprint density at radius 1 is 1.07 bits per heavy atom. The van der Waals surface area contributed by atoms with Crippen molar-refractivity contribution < 1.29 is 21.6 Å². The Labute approximate surface area is 172 Å². The van der Waals surface area contributed by atoms with E-state index in [1.165, 1.54) is 12.7 Å². The molecule has 8 heteroatoms. The summed E-state index contributed by atoms with van der Waals surface area (Å²) in [5.41, 5.74) is 3.16. The molecule has 2 heterocycles. The molecular formula is C21H25NO5S2. The van der Waals surface area contributed by atoms with E-state index >= 15 is 0 Å². The summed E-state index contributed by atoms with van der Waals surface area (Å²) in [6.07, 6.45) is 0.785. The van der Waals surface area contributed by atoms with Crippen LogP contribution in [0.3, 0.4) is 0 Å². The highest BCUT2D eigenvalue weighted by molar-refractivity contribution is 7.96. The third-order valence-electron chi connectivity index (χ3n) is 5.93. The molecule has 6 nitrogen and oxygen atoms in total. The lowest BCUT2D eigenvalue weighted by atomic mass is 9.98. The average molecular weight is 436 g/mol. The number of benzene rings is 2. The van der Waals surface area contributed by atoms with E-state index in [9.17, 15) is 16.8 Å². The highest BCUT2D eigenvalue weighted by Gasteiger charge is 2.49. The number of hydrogen-bond acceptors (Lipinski definition) is 6. The molecule has 156 valence electrons. The van der Waals surface area contributed by atoms with Gasteiger partial charge in [-0.1, -0.05) is 30.3 Å². The fourth-order valence-electron chi connectivity index (χ4n) is 4.40. The second-order valence-electron chi connectivity index (χ2n) is 7.87. The summed E-state index contributed by atoms with van der Waals surface area (Å²) < 4.78 is 57.5. The Kier molecular flexibility index (Phi) is 5.21. The zero-order valence-corrected chi connectivity index (χ0v) is 18.2. The first kappa shape index (κ1) is 20.4. The van der Waals surface area contributed by atoms with E-state index in [2.05, 4.69) is 6.07 Å². The minimum atomic E-state index is -3.90. The van der Waals surface area contributed by atoms with Crippen molar-refractivity contribution in [2.75, 3.05) is 25.2 Å². The molecule has 0 spiro atoms. The molecule has 0 bridgehead atoms. The molecule has 0 saturated carbocycles. The predicted octanol–water partition coefficient (Wildman–Crippen LogP) is 2.00. The highest BCUT2D eigenvalue weighted by Crippen LogP contribution is 2.35. The minimum Gasteiger partial charge on any atom is -0.495 e. The number of methoxy groups -OCH3 is 1. The molecule has 0 N–H and O–H groups in total. The Hall–Kier alpha value is -1.90. The van der Waals surface area contributed by atoms with Crippen LogP contribution in [0, 0.1) is 6.92 Å². The van der Waals surface area contributed by atoms with Gasteiger partial charge in [0.05, 0.1) is 23.9 Å². The summed E-state index contributed by atoms with van der Waals surface area (Å²) in [5, 5.41) is -1.01. The van der Waals surface area contributed by atoms with Crippen LogP contribution in [0.15, 0.2) is 47.4 Å². The maximum atomic E-state index is 13.6. The fraction of sp³-hybridized carbons (Fsp3) is 0.429. The van der Waals surface area contributed by atoms with Crippen LogP contribution in [0.2, 0.25) is 0 Å². The largest absolute Gasteiger partial charge is 0.495 e. The van der Waals surface area contributed by atoms with Gasteiger partial charge in [-0.15, -0.1) is 0 Å². The normalized spacial score (nSPS) is 24.2. The molecule has 2 aliphatic rings. The monoisotopic (exact) mass is 435 g/mol. The van der Waals surface area contributed by atoms with Crippen LogP contribution in [0.4, 0.5) is 0 Å². The molecular weight excluding hydrogens is 410 g/mol. The van der Waals surface area contributed by atoms with Crippen molar-refractivity contribution in [1.82, 2.24) is 4.90 Å². The average Bonchev–Trinajstić information content (AvgIpc) is 3.04. The maximum absolute atomic E-state index is 13.6. The Balaban J connectivity index is 1.73. The van der Waals surface area contributed by atoms with Crippen molar-refractivity contribution in [2.24, 2.45) is 0 Å². The topological polar surface area (TPSA) is 80.8 Å². The van der Waals surface area contributed by atoms with Gasteiger partial charge < -0.3 is 4.74 Å². The van der Waals surface area contributed by atoms with E-state index in [0.29, 0.717) is 13.1 Å². The molecule has 0 radical (unpaired) electrons. The molecule has 2 atom stereocenters. The van der Waals surface area contributed by atoms with Gasteiger partial charge in [0.2, 0.25) is 0 Å². The number of hydrogen-bond donors (Lipinski definition) is 0. The molecule has 1 saturated heterocycles. The Morgan fingerprint density at radius 2 is 1.79 bits per heavy atom. The van der Waals surface area contributed by atoms with E-state index in [4.69, 9.17) is 4.74 Å². The standard InChI is InChI=1S/C21H25NO5S2/c1-15-7-8-19(27-2)20(11-15)29(25,26)21-14-28(23,24)13-18(21)22-10-9-16-5-3-4-6-17(16)12-22/h3-8,11,18,21H,9-10,12-14H2,1-2H3/t18-,21+/m1/s1. The van der Waals surface area contributed by atoms with Crippen LogP contribution < -0.4 is 4.74 Å². The van der Waals surface area contributed by atoms with Crippen molar-refractivity contribution in [3.63, 3.8) is 0 Å². The molecule has 2 aliphatic heterocycles. The van der Waals surface area contributed by atoms with Gasteiger partial charge in [0.25, 0.3) is 0 Å². The number of sulfone groups is 2. The van der Waals surface area contributed by atoms with Crippen molar-refractivity contribution in [2.45, 2.75) is 36.1 Å². The SMILES string of the molecule is COc1ccc(C)cc1S(=O)(=O)[C@H]1CS(=O)(=O)C[C@H]1N1CCc2ccccc2C1. The van der Waals surface area contributed by atoms with E-state index in [1.54, 1.807) is 18.2 Å². The first-order valence-corrected chi connectivity index (χ1v) is 13.0. The van der Waals surface area contributed by atoms with Gasteiger partial charge in [-0.25, -0.2) is 16.8 Å². The van der Waals surface area contributed by atoms with Crippen LogP contribution in [0.1, 0.15) is 16.7 Å². The van der Waals surface area contributed by atoms with Crippen molar-refractivity contribution in [3.8, 4) is 5.75 Å². The molecule has 0 aromatic heterocycles. The second-order valence-corrected chi connectivity index (χ2v) is 12.2. The smallest absolute Gasteiger partial charge is 0.187 e. The molecule has 2 aromatic rings. The summed E-state index contributed by atoms with van der Waals surface area (Å²) >= 11 is 0. The quantitative estimate of drug-likeness (QED) is 0.731. The van der Waals surface area contributed by atoms with Crippen molar-refractivity contribution in [3.05, 3.63) is 59.2 Å². The van der Waals surface area contributed by atoms with Crippen LogP contribution >= 0.6 is 0 Å². The molecule has 0 aliphatic carbocycles. The molecule has 29 heavy (non-hydrogen) atoms. The summed E-state index contributed by atoms with van der Waals surface area (Å²) in [4.78, 5) is 2.10. The second kappa shape index (κ2) is 7.41. The number of rotatable bonds is 4. The van der Waals surface area contributed by atoms with Gasteiger partial charge in [-0.05, 0) is 42.2 Å². The molecule has 2 aromatic carbocycles. The zero-order valence-electron chi connectivity index (χ0n) is 16.5. The first-order chi connectivity index (χ1) is 13.7. The number of fused-ring (bicyclic) bond motifs is 1. The van der Waals surface area contributed by atoms with Crippen molar-refractivity contribution in [1.29, 1.82) is 0 Å². The molecule has 4 rings (SSSR count). The Bertz CT molecular complexity index is 1140. The lowest BCUT2D eigenvalue weighted by Gasteiger charge is -2.35. The van der Waals surface area contributed by atoms with E-state index < -0.39 is 31.0 Å². The molecule has 0 unspecified atom stereocenters. The van der Waals surface area contributed by atoms with E-state index in [0.717, 1.165) is 17.5 Å². The number of ether oxygens (including phenoxy) is 1. The van der Waals surface area contributed by atoms with E-state index in [1.807, 2.05) is 30.0 Å². The van der Waals surface area contributed by atoms with Crippen LogP contribution in [0.25, 0.3) is 0 Å². The van der Waals surface area contributed by atoms with E-state index in [-0.39, 0.29) is 22.2 Å². The Morgan fingerprint density at radius 3 is 2.52 bits per heavy atom. The van der Waals surface area contributed by atoms with Crippen LogP contribution in [0.5, 0.6) is 5.75 Å². The van der Waals surface area contributed by atoms with Gasteiger partial charge in [0.1, 0.15) is 10.6 Å². The lowest BCUT2D eigenvalue weighted by Crippen LogP contribution is -2.48. The van der Waals surface area contributed by atoms with Crippen LogP contribution in [-0.2, 0) is 32.6 Å². The van der Waals surface area contributed by atoms with Gasteiger partial charge in [0.15, 0.2) is 19.7 Å². The predicted molar refractivity (Wildman–Crippen MR) is 112 cm³/mol. The highest BCUT2D eigenvalue weighted by atomic mass is 32.2. The van der Waals surface area contributed by atoms with Gasteiger partial charge >= 0.3 is 0 Å². The van der Waals surface area contributed by atoms with Crippen molar-refractivity contribution >= 4 is 19.7 Å². The fourth-order valence-corrected chi connectivity index (χ4v) is 9.48. The first-order valence-electron chi connectivity index (χ1n) is 9.61. The zero-order chi connectivity index (χ0) is 20.8. The van der Waals surface area contributed by atoms with Gasteiger partial charge in [0, 0.05) is 19.1 Å². The third kappa shape index (κ3) is 3.81. The van der Waals surface area contributed by atoms with Crippen LogP contribution in [-0.4, -0.2) is 58.2 Å². The number of nitrogens with zero attached hydrogens (tertiary/aromatic N) is 1. The van der Waals surface area contributed by atoms with Gasteiger partial charge in [-0.3, -0.25) is 4.90 Å².